The molecule has 0 aromatic carbocycles. The zero-order valence-corrected chi connectivity index (χ0v) is 15.2. The van der Waals surface area contributed by atoms with E-state index in [2.05, 4.69) is 49.5 Å². The predicted molar refractivity (Wildman–Crippen MR) is 94.9 cm³/mol. The number of hydrazine groups is 1. The van der Waals surface area contributed by atoms with Gasteiger partial charge >= 0.3 is 0 Å². The Morgan fingerprint density at radius 2 is 1.96 bits per heavy atom. The molecule has 0 aromatic rings. The average Bonchev–Trinajstić information content (AvgIpc) is 2.42. The second kappa shape index (κ2) is 13.0. The molecule has 8 nitrogen and oxygen atoms in total. The minimum atomic E-state index is -0.690. The van der Waals surface area contributed by atoms with Gasteiger partial charge in [-0.3, -0.25) is 15.4 Å². The Balaban J connectivity index is 0. The van der Waals surface area contributed by atoms with Crippen molar-refractivity contribution < 1.29 is 14.7 Å². The van der Waals surface area contributed by atoms with Crippen LogP contribution in [0.15, 0.2) is 11.2 Å². The number of aliphatic hydroxyl groups is 1. The summed E-state index contributed by atoms with van der Waals surface area (Å²) < 4.78 is 0. The summed E-state index contributed by atoms with van der Waals surface area (Å²) in [5, 5.41) is 15.1. The molecular formula is C14H31N5O3S. The van der Waals surface area contributed by atoms with E-state index in [9.17, 15) is 14.7 Å². The lowest BCUT2D eigenvalue weighted by atomic mass is 9.82. The molecule has 2 amide bonds. The van der Waals surface area contributed by atoms with E-state index in [1.807, 2.05) is 0 Å². The first-order valence-corrected chi connectivity index (χ1v) is 7.69. The van der Waals surface area contributed by atoms with Gasteiger partial charge in [0.15, 0.2) is 0 Å². The van der Waals surface area contributed by atoms with Crippen LogP contribution in [0, 0.1) is 11.3 Å². The lowest BCUT2D eigenvalue weighted by Gasteiger charge is -2.26. The molecule has 0 aliphatic rings. The van der Waals surface area contributed by atoms with E-state index in [-0.39, 0.29) is 23.8 Å². The second-order valence-electron chi connectivity index (χ2n) is 6.23. The van der Waals surface area contributed by atoms with E-state index in [1.54, 1.807) is 7.05 Å². The quantitative estimate of drug-likeness (QED) is 0.135. The van der Waals surface area contributed by atoms with Gasteiger partial charge in [-0.2, -0.15) is 0 Å². The number of aliphatic hydroxyl groups excluding tert-OH is 1. The SMILES string of the molecule is CNC(=O)C(CC(O)CNC=O)CC(C)(C)C.NN/C=C(\N)S. The van der Waals surface area contributed by atoms with Crippen LogP contribution in [0.4, 0.5) is 0 Å². The van der Waals surface area contributed by atoms with E-state index >= 15 is 0 Å². The van der Waals surface area contributed by atoms with Crippen molar-refractivity contribution in [3.05, 3.63) is 11.2 Å². The standard InChI is InChI=1S/C12H24N2O3.C2H7N3S/c1-12(2,3)6-9(11(17)13-4)5-10(16)7-14-8-15;3-2(6)1-5-4/h8-10,16H,5-7H2,1-4H3,(H,13,17)(H,14,15);1,5-6H,3-4H2/b;2-1+. The number of amides is 2. The maximum absolute atomic E-state index is 11.7. The second-order valence-corrected chi connectivity index (χ2v) is 6.74. The van der Waals surface area contributed by atoms with Gasteiger partial charge in [0.1, 0.15) is 0 Å². The Labute approximate surface area is 143 Å². The van der Waals surface area contributed by atoms with Crippen LogP contribution < -0.4 is 27.6 Å². The fourth-order valence-electron chi connectivity index (χ4n) is 1.91. The number of hydrogen-bond donors (Lipinski definition) is 7. The highest BCUT2D eigenvalue weighted by molar-refractivity contribution is 7.84. The molecule has 0 spiro atoms. The monoisotopic (exact) mass is 349 g/mol. The Bertz CT molecular complexity index is 368. The van der Waals surface area contributed by atoms with E-state index < -0.39 is 6.10 Å². The minimum Gasteiger partial charge on any atom is -0.393 e. The van der Waals surface area contributed by atoms with Gasteiger partial charge in [0.05, 0.1) is 11.1 Å². The van der Waals surface area contributed by atoms with Crippen LogP contribution in [0.1, 0.15) is 33.6 Å². The average molecular weight is 350 g/mol. The minimum absolute atomic E-state index is 0.0228. The topological polar surface area (TPSA) is 142 Å². The lowest BCUT2D eigenvalue weighted by molar-refractivity contribution is -0.126. The molecule has 23 heavy (non-hydrogen) atoms. The van der Waals surface area contributed by atoms with Crippen molar-refractivity contribution in [1.82, 2.24) is 16.1 Å². The Morgan fingerprint density at radius 1 is 1.39 bits per heavy atom. The van der Waals surface area contributed by atoms with Crippen molar-refractivity contribution in [2.24, 2.45) is 22.9 Å². The largest absolute Gasteiger partial charge is 0.393 e. The molecule has 8 N–H and O–H groups in total. The van der Waals surface area contributed by atoms with E-state index in [1.165, 1.54) is 6.20 Å². The van der Waals surface area contributed by atoms with E-state index in [0.717, 1.165) is 0 Å². The Kier molecular flexibility index (Phi) is 13.5. The zero-order valence-electron chi connectivity index (χ0n) is 14.3. The molecule has 2 unspecified atom stereocenters. The molecule has 0 saturated heterocycles. The number of rotatable bonds is 8. The summed E-state index contributed by atoms with van der Waals surface area (Å²) >= 11 is 3.67. The van der Waals surface area contributed by atoms with Crippen LogP contribution in [0.5, 0.6) is 0 Å². The summed E-state index contributed by atoms with van der Waals surface area (Å²) in [6.07, 6.45) is 2.29. The molecule has 0 saturated carbocycles. The molecule has 0 heterocycles. The number of carbonyl (C=O) groups is 2. The molecule has 136 valence electrons. The fraction of sp³-hybridized carbons (Fsp3) is 0.714. The third kappa shape index (κ3) is 16.7. The van der Waals surface area contributed by atoms with Gasteiger partial charge in [-0.05, 0) is 18.3 Å². The van der Waals surface area contributed by atoms with Crippen molar-refractivity contribution >= 4 is 24.9 Å². The molecule has 0 fully saturated rings. The molecule has 9 heteroatoms. The molecule has 0 bridgehead atoms. The van der Waals surface area contributed by atoms with Crippen LogP contribution in [-0.2, 0) is 9.59 Å². The van der Waals surface area contributed by atoms with E-state index in [0.29, 0.717) is 24.3 Å². The summed E-state index contributed by atoms with van der Waals surface area (Å²) in [6, 6.07) is 0. The third-order valence-corrected chi connectivity index (χ3v) is 2.83. The first-order valence-electron chi connectivity index (χ1n) is 7.24. The summed E-state index contributed by atoms with van der Waals surface area (Å²) in [6.45, 7) is 6.35. The molecule has 0 aliphatic carbocycles. The fourth-order valence-corrected chi connectivity index (χ4v) is 1.98. The number of nitrogens with one attached hydrogen (secondary N) is 3. The molecule has 2 atom stereocenters. The van der Waals surface area contributed by atoms with Crippen LogP contribution in [0.25, 0.3) is 0 Å². The summed E-state index contributed by atoms with van der Waals surface area (Å²) in [5.41, 5.74) is 7.21. The van der Waals surface area contributed by atoms with Crippen LogP contribution >= 0.6 is 12.6 Å². The molecule has 0 rings (SSSR count). The maximum atomic E-state index is 11.7. The highest BCUT2D eigenvalue weighted by Crippen LogP contribution is 2.27. The molecule has 0 radical (unpaired) electrons. The van der Waals surface area contributed by atoms with Crippen molar-refractivity contribution in [2.45, 2.75) is 39.7 Å². The summed E-state index contributed by atoms with van der Waals surface area (Å²) in [5.74, 6) is 4.48. The Hall–Kier alpha value is -1.45. The zero-order chi connectivity index (χ0) is 18.5. The maximum Gasteiger partial charge on any atom is 0.222 e. The van der Waals surface area contributed by atoms with Gasteiger partial charge in [0.2, 0.25) is 12.3 Å². The van der Waals surface area contributed by atoms with Crippen LogP contribution in [-0.4, -0.2) is 37.1 Å². The van der Waals surface area contributed by atoms with Crippen molar-refractivity contribution in [1.29, 1.82) is 0 Å². The lowest BCUT2D eigenvalue weighted by Crippen LogP contribution is -2.35. The van der Waals surface area contributed by atoms with Crippen molar-refractivity contribution in [2.75, 3.05) is 13.6 Å². The first-order chi connectivity index (χ1) is 10.6. The van der Waals surface area contributed by atoms with Gasteiger partial charge in [0.25, 0.3) is 0 Å². The summed E-state index contributed by atoms with van der Waals surface area (Å²) in [7, 11) is 1.59. The van der Waals surface area contributed by atoms with Gasteiger partial charge in [-0.15, -0.1) is 12.6 Å². The Morgan fingerprint density at radius 3 is 2.26 bits per heavy atom. The molecule has 0 aromatic heterocycles. The predicted octanol–water partition coefficient (Wildman–Crippen LogP) is -0.581. The molecule has 0 aliphatic heterocycles. The molecular weight excluding hydrogens is 318 g/mol. The third-order valence-electron chi connectivity index (χ3n) is 2.70. The highest BCUT2D eigenvalue weighted by atomic mass is 32.1. The van der Waals surface area contributed by atoms with Crippen molar-refractivity contribution in [3.63, 3.8) is 0 Å². The first kappa shape index (κ1) is 23.8. The normalized spacial score (nSPS) is 14.0. The van der Waals surface area contributed by atoms with E-state index in [4.69, 9.17) is 11.6 Å². The number of hydrogen-bond acceptors (Lipinski definition) is 7. The van der Waals surface area contributed by atoms with Gasteiger partial charge < -0.3 is 26.9 Å². The smallest absolute Gasteiger partial charge is 0.222 e. The summed E-state index contributed by atoms with van der Waals surface area (Å²) in [4.78, 5) is 21.8. The van der Waals surface area contributed by atoms with Gasteiger partial charge in [-0.1, -0.05) is 20.8 Å². The van der Waals surface area contributed by atoms with Crippen molar-refractivity contribution in [3.8, 4) is 0 Å². The number of nitrogens with two attached hydrogens (primary N) is 2. The highest BCUT2D eigenvalue weighted by Gasteiger charge is 2.26. The van der Waals surface area contributed by atoms with Gasteiger partial charge in [-0.25, -0.2) is 0 Å². The number of thiol groups is 1. The van der Waals surface area contributed by atoms with Crippen LogP contribution in [0.3, 0.4) is 0 Å². The van der Waals surface area contributed by atoms with Crippen LogP contribution in [0.2, 0.25) is 0 Å². The number of carbonyl (C=O) groups excluding carboxylic acids is 2. The van der Waals surface area contributed by atoms with Gasteiger partial charge in [0, 0.05) is 25.7 Å².